The van der Waals surface area contributed by atoms with Crippen molar-refractivity contribution in [3.05, 3.63) is 59.8 Å². The molecular formula is C19H25N3O. The zero-order chi connectivity index (χ0) is 16.7. The summed E-state index contributed by atoms with van der Waals surface area (Å²) in [5, 5.41) is 3.31. The van der Waals surface area contributed by atoms with Crippen molar-refractivity contribution in [2.24, 2.45) is 0 Å². The Morgan fingerprint density at radius 1 is 1.22 bits per heavy atom. The lowest BCUT2D eigenvalue weighted by atomic mass is 10.1. The molecule has 122 valence electrons. The van der Waals surface area contributed by atoms with E-state index in [2.05, 4.69) is 24.1 Å². The van der Waals surface area contributed by atoms with Crippen molar-refractivity contribution in [2.75, 3.05) is 11.9 Å². The quantitative estimate of drug-likeness (QED) is 0.842. The number of carbonyl (C=O) groups excluding carboxylic acids is 1. The highest BCUT2D eigenvalue weighted by Gasteiger charge is 2.15. The first kappa shape index (κ1) is 17.0. The van der Waals surface area contributed by atoms with Crippen molar-refractivity contribution in [2.45, 2.75) is 39.8 Å². The van der Waals surface area contributed by atoms with E-state index in [4.69, 9.17) is 0 Å². The van der Waals surface area contributed by atoms with Gasteiger partial charge in [0.05, 0.1) is 0 Å². The summed E-state index contributed by atoms with van der Waals surface area (Å²) in [5.74, 6) is 0.784. The predicted octanol–water partition coefficient (Wildman–Crippen LogP) is 3.95. The van der Waals surface area contributed by atoms with Crippen molar-refractivity contribution in [1.82, 2.24) is 9.88 Å². The van der Waals surface area contributed by atoms with Crippen molar-refractivity contribution >= 4 is 11.7 Å². The molecule has 4 nitrogen and oxygen atoms in total. The molecule has 1 atom stereocenters. The van der Waals surface area contributed by atoms with Gasteiger partial charge < -0.3 is 10.2 Å². The van der Waals surface area contributed by atoms with Crippen LogP contribution in [0.1, 0.15) is 43.1 Å². The fourth-order valence-electron chi connectivity index (χ4n) is 2.31. The summed E-state index contributed by atoms with van der Waals surface area (Å²) in [5.41, 5.74) is 1.80. The van der Waals surface area contributed by atoms with E-state index in [0.29, 0.717) is 24.7 Å². The van der Waals surface area contributed by atoms with E-state index in [1.807, 2.05) is 48.2 Å². The number of nitrogens with zero attached hydrogens (tertiary/aromatic N) is 2. The van der Waals surface area contributed by atoms with Gasteiger partial charge in [-0.1, -0.05) is 37.3 Å². The minimum atomic E-state index is 0.0333. The standard InChI is InChI=1S/C19H25N3O/c1-4-15(3)21-18-13-17(11-12-20-18)19(23)22(5-2)14-16-9-7-6-8-10-16/h6-13,15H,4-5,14H2,1-3H3,(H,20,21). The first-order valence-electron chi connectivity index (χ1n) is 8.19. The van der Waals surface area contributed by atoms with Crippen LogP contribution in [0.15, 0.2) is 48.7 Å². The van der Waals surface area contributed by atoms with Crippen LogP contribution in [0.25, 0.3) is 0 Å². The first-order chi connectivity index (χ1) is 11.1. The normalized spacial score (nSPS) is 11.8. The lowest BCUT2D eigenvalue weighted by molar-refractivity contribution is 0.0752. The van der Waals surface area contributed by atoms with E-state index in [1.165, 1.54) is 0 Å². The molecule has 0 aliphatic rings. The molecule has 4 heteroatoms. The minimum Gasteiger partial charge on any atom is -0.368 e. The van der Waals surface area contributed by atoms with Crippen molar-refractivity contribution in [3.63, 3.8) is 0 Å². The lowest BCUT2D eigenvalue weighted by Gasteiger charge is -2.21. The van der Waals surface area contributed by atoms with Crippen molar-refractivity contribution in [3.8, 4) is 0 Å². The molecule has 0 bridgehead atoms. The van der Waals surface area contributed by atoms with Crippen LogP contribution in [0.4, 0.5) is 5.82 Å². The van der Waals surface area contributed by atoms with Gasteiger partial charge in [0.1, 0.15) is 5.82 Å². The summed E-state index contributed by atoms with van der Waals surface area (Å²) in [4.78, 5) is 18.9. The van der Waals surface area contributed by atoms with Crippen molar-refractivity contribution in [1.29, 1.82) is 0 Å². The Morgan fingerprint density at radius 2 is 1.96 bits per heavy atom. The van der Waals surface area contributed by atoms with Gasteiger partial charge in [-0.3, -0.25) is 4.79 Å². The molecule has 1 aromatic carbocycles. The largest absolute Gasteiger partial charge is 0.368 e. The Kier molecular flexibility index (Phi) is 6.15. The summed E-state index contributed by atoms with van der Waals surface area (Å²) < 4.78 is 0. The second kappa shape index (κ2) is 8.32. The molecule has 1 N–H and O–H groups in total. The van der Waals surface area contributed by atoms with Gasteiger partial charge in [-0.25, -0.2) is 4.98 Å². The van der Waals surface area contributed by atoms with E-state index in [1.54, 1.807) is 12.3 Å². The molecular weight excluding hydrogens is 286 g/mol. The zero-order valence-corrected chi connectivity index (χ0v) is 14.1. The number of aromatic nitrogens is 1. The molecule has 0 saturated heterocycles. The average molecular weight is 311 g/mol. The lowest BCUT2D eigenvalue weighted by Crippen LogP contribution is -2.30. The number of rotatable bonds is 7. The average Bonchev–Trinajstić information content (AvgIpc) is 2.60. The number of amides is 1. The van der Waals surface area contributed by atoms with E-state index in [0.717, 1.165) is 17.8 Å². The van der Waals surface area contributed by atoms with Crippen LogP contribution < -0.4 is 5.32 Å². The molecule has 0 spiro atoms. The van der Waals surface area contributed by atoms with Crippen LogP contribution in [-0.2, 0) is 6.54 Å². The number of pyridine rings is 1. The van der Waals surface area contributed by atoms with Gasteiger partial charge in [0.15, 0.2) is 0 Å². The Bertz CT molecular complexity index is 628. The molecule has 0 saturated carbocycles. The van der Waals surface area contributed by atoms with Crippen LogP contribution in [-0.4, -0.2) is 28.4 Å². The Morgan fingerprint density at radius 3 is 2.61 bits per heavy atom. The predicted molar refractivity (Wildman–Crippen MR) is 94.5 cm³/mol. The third kappa shape index (κ3) is 4.81. The van der Waals surface area contributed by atoms with Gasteiger partial charge in [0.2, 0.25) is 0 Å². The van der Waals surface area contributed by atoms with Gasteiger partial charge in [-0.05, 0) is 38.0 Å². The summed E-state index contributed by atoms with van der Waals surface area (Å²) in [6.07, 6.45) is 2.70. The van der Waals surface area contributed by atoms with E-state index >= 15 is 0 Å². The van der Waals surface area contributed by atoms with E-state index in [-0.39, 0.29) is 5.91 Å². The highest BCUT2D eigenvalue weighted by Crippen LogP contribution is 2.13. The highest BCUT2D eigenvalue weighted by atomic mass is 16.2. The molecule has 1 aromatic heterocycles. The zero-order valence-electron chi connectivity index (χ0n) is 14.1. The number of carbonyl (C=O) groups is 1. The maximum atomic E-state index is 12.8. The smallest absolute Gasteiger partial charge is 0.254 e. The number of anilines is 1. The number of hydrogen-bond acceptors (Lipinski definition) is 3. The summed E-state index contributed by atoms with van der Waals surface area (Å²) in [6.45, 7) is 7.51. The summed E-state index contributed by atoms with van der Waals surface area (Å²) >= 11 is 0. The van der Waals surface area contributed by atoms with Crippen LogP contribution in [0.2, 0.25) is 0 Å². The SMILES string of the molecule is CCC(C)Nc1cc(C(=O)N(CC)Cc2ccccc2)ccn1. The molecule has 1 heterocycles. The van der Waals surface area contributed by atoms with Gasteiger partial charge in [0, 0.05) is 30.9 Å². The highest BCUT2D eigenvalue weighted by molar-refractivity contribution is 5.94. The summed E-state index contributed by atoms with van der Waals surface area (Å²) in [6, 6.07) is 14.0. The maximum Gasteiger partial charge on any atom is 0.254 e. The topological polar surface area (TPSA) is 45.2 Å². The molecule has 0 radical (unpaired) electrons. The molecule has 1 unspecified atom stereocenters. The van der Waals surface area contributed by atoms with Gasteiger partial charge in [-0.2, -0.15) is 0 Å². The van der Waals surface area contributed by atoms with E-state index in [9.17, 15) is 4.79 Å². The minimum absolute atomic E-state index is 0.0333. The van der Waals surface area contributed by atoms with Crippen LogP contribution in [0.3, 0.4) is 0 Å². The number of benzene rings is 1. The molecule has 23 heavy (non-hydrogen) atoms. The fraction of sp³-hybridized carbons (Fsp3) is 0.368. The molecule has 0 aliphatic heterocycles. The van der Waals surface area contributed by atoms with Crippen LogP contribution in [0, 0.1) is 0 Å². The maximum absolute atomic E-state index is 12.8. The third-order valence-corrected chi connectivity index (χ3v) is 3.90. The second-order valence-electron chi connectivity index (χ2n) is 5.69. The number of hydrogen-bond donors (Lipinski definition) is 1. The van der Waals surface area contributed by atoms with Gasteiger partial charge in [0.25, 0.3) is 5.91 Å². The van der Waals surface area contributed by atoms with Crippen molar-refractivity contribution < 1.29 is 4.79 Å². The van der Waals surface area contributed by atoms with Gasteiger partial charge >= 0.3 is 0 Å². The van der Waals surface area contributed by atoms with E-state index < -0.39 is 0 Å². The number of nitrogens with one attached hydrogen (secondary N) is 1. The van der Waals surface area contributed by atoms with Gasteiger partial charge in [-0.15, -0.1) is 0 Å². The van der Waals surface area contributed by atoms with Crippen LogP contribution >= 0.6 is 0 Å². The molecule has 2 rings (SSSR count). The molecule has 0 aliphatic carbocycles. The Hall–Kier alpha value is -2.36. The monoisotopic (exact) mass is 311 g/mol. The fourth-order valence-corrected chi connectivity index (χ4v) is 2.31. The Labute approximate surface area is 138 Å². The molecule has 2 aromatic rings. The van der Waals surface area contributed by atoms with Crippen LogP contribution in [0.5, 0.6) is 0 Å². The second-order valence-corrected chi connectivity index (χ2v) is 5.69. The summed E-state index contributed by atoms with van der Waals surface area (Å²) in [7, 11) is 0. The molecule has 0 fully saturated rings. The third-order valence-electron chi connectivity index (χ3n) is 3.90. The first-order valence-corrected chi connectivity index (χ1v) is 8.19. The molecule has 1 amide bonds. The Balaban J connectivity index is 2.12.